The molecule has 0 atom stereocenters. The number of Topliss-reactive ketones (excluding diaryl/α,β-unsaturated/α-hetero) is 2. The second kappa shape index (κ2) is 10.5. The van der Waals surface area contributed by atoms with Gasteiger partial charge in [-0.25, -0.2) is 8.42 Å². The number of piperazine rings is 1. The number of carbonyl (C=O) groups is 2. The predicted octanol–water partition coefficient (Wildman–Crippen LogP) is 4.11. The quantitative estimate of drug-likeness (QED) is 0.468. The van der Waals surface area contributed by atoms with E-state index in [0.717, 1.165) is 24.0 Å². The van der Waals surface area contributed by atoms with Crippen LogP contribution >= 0.6 is 0 Å². The van der Waals surface area contributed by atoms with Crippen molar-refractivity contribution in [3.05, 3.63) is 118 Å². The summed E-state index contributed by atoms with van der Waals surface area (Å²) in [5.41, 5.74) is 2.77. The Labute approximate surface area is 229 Å². The largest absolute Gasteiger partial charge is 0.367 e. The van der Waals surface area contributed by atoms with Gasteiger partial charge in [0, 0.05) is 50.4 Å². The summed E-state index contributed by atoms with van der Waals surface area (Å²) >= 11 is 0. The Morgan fingerprint density at radius 3 is 1.62 bits per heavy atom. The Bertz CT molecular complexity index is 1480. The Morgan fingerprint density at radius 1 is 0.590 bits per heavy atom. The van der Waals surface area contributed by atoms with Crippen LogP contribution in [0.4, 0.5) is 0 Å². The first-order valence-corrected chi connectivity index (χ1v) is 14.9. The summed E-state index contributed by atoms with van der Waals surface area (Å²) < 4.78 is 29.7. The summed E-state index contributed by atoms with van der Waals surface area (Å²) in [4.78, 5) is 31.0. The maximum atomic E-state index is 14.1. The molecule has 200 valence electrons. The van der Waals surface area contributed by atoms with Gasteiger partial charge in [-0.15, -0.1) is 0 Å². The Kier molecular flexibility index (Phi) is 6.93. The molecule has 39 heavy (non-hydrogen) atoms. The SMILES string of the molecule is O=C1C(N2CCCC2)=C(S(=O)(=O)N2CCN(C(c3ccccc3)c3ccccc3)CC2)C(=O)c2ccccc21. The molecule has 0 spiro atoms. The number of hydrogen-bond acceptors (Lipinski definition) is 6. The highest BCUT2D eigenvalue weighted by Crippen LogP contribution is 2.36. The van der Waals surface area contributed by atoms with Crippen molar-refractivity contribution < 1.29 is 18.0 Å². The maximum Gasteiger partial charge on any atom is 0.249 e. The third-order valence-corrected chi connectivity index (χ3v) is 9.88. The first-order valence-electron chi connectivity index (χ1n) is 13.5. The molecule has 0 saturated carbocycles. The molecule has 0 bridgehead atoms. The van der Waals surface area contributed by atoms with Crippen LogP contribution in [-0.4, -0.2) is 73.4 Å². The van der Waals surface area contributed by atoms with E-state index in [1.54, 1.807) is 29.2 Å². The first kappa shape index (κ1) is 25.7. The molecule has 6 rings (SSSR count). The van der Waals surface area contributed by atoms with E-state index >= 15 is 0 Å². The first-order chi connectivity index (χ1) is 19.0. The van der Waals surface area contributed by atoms with Gasteiger partial charge in [-0.1, -0.05) is 84.9 Å². The van der Waals surface area contributed by atoms with Crippen molar-refractivity contribution in [1.29, 1.82) is 0 Å². The lowest BCUT2D eigenvalue weighted by Crippen LogP contribution is -2.51. The average Bonchev–Trinajstić information content (AvgIpc) is 3.51. The molecule has 2 fully saturated rings. The van der Waals surface area contributed by atoms with Gasteiger partial charge in [-0.2, -0.15) is 4.31 Å². The Hall–Kier alpha value is -3.59. The lowest BCUT2D eigenvalue weighted by molar-refractivity contribution is 0.0951. The third kappa shape index (κ3) is 4.62. The highest BCUT2D eigenvalue weighted by Gasteiger charge is 2.45. The standard InChI is InChI=1S/C31H31N3O4S/c35-29-25-15-7-8-16-26(25)30(36)31(28(29)32-17-9-10-18-32)39(37,38)34-21-19-33(20-22-34)27(23-11-3-1-4-12-23)24-13-5-2-6-14-24/h1-8,11-16,27H,9-10,17-22H2. The minimum Gasteiger partial charge on any atom is -0.367 e. The van der Waals surface area contributed by atoms with Gasteiger partial charge in [0.1, 0.15) is 5.70 Å². The van der Waals surface area contributed by atoms with Gasteiger partial charge in [0.25, 0.3) is 0 Å². The van der Waals surface area contributed by atoms with Crippen LogP contribution in [0, 0.1) is 0 Å². The molecule has 7 nitrogen and oxygen atoms in total. The molecule has 0 N–H and O–H groups in total. The number of likely N-dealkylation sites (tertiary alicyclic amines) is 1. The summed E-state index contributed by atoms with van der Waals surface area (Å²) in [5, 5.41) is 0. The molecule has 8 heteroatoms. The van der Waals surface area contributed by atoms with Gasteiger partial charge in [-0.05, 0) is 24.0 Å². The van der Waals surface area contributed by atoms with E-state index in [1.807, 2.05) is 36.4 Å². The van der Waals surface area contributed by atoms with Gasteiger partial charge in [0.15, 0.2) is 4.91 Å². The summed E-state index contributed by atoms with van der Waals surface area (Å²) in [5.74, 6) is -0.960. The normalized spacial score (nSPS) is 19.2. The number of nitrogens with zero attached hydrogens (tertiary/aromatic N) is 3. The molecular formula is C31H31N3O4S. The highest BCUT2D eigenvalue weighted by molar-refractivity contribution is 7.94. The second-order valence-corrected chi connectivity index (χ2v) is 12.1. The van der Waals surface area contributed by atoms with E-state index in [2.05, 4.69) is 29.2 Å². The molecule has 2 aliphatic heterocycles. The molecule has 0 aromatic heterocycles. The summed E-state index contributed by atoms with van der Waals surface area (Å²) in [6.45, 7) is 2.60. The van der Waals surface area contributed by atoms with Gasteiger partial charge in [0.2, 0.25) is 21.6 Å². The molecule has 0 radical (unpaired) electrons. The molecule has 3 aromatic carbocycles. The van der Waals surface area contributed by atoms with E-state index < -0.39 is 15.8 Å². The summed E-state index contributed by atoms with van der Waals surface area (Å²) in [6, 6.07) is 26.9. The predicted molar refractivity (Wildman–Crippen MR) is 150 cm³/mol. The van der Waals surface area contributed by atoms with Crippen LogP contribution in [0.15, 0.2) is 95.5 Å². The van der Waals surface area contributed by atoms with E-state index in [-0.39, 0.29) is 46.6 Å². The molecule has 0 unspecified atom stereocenters. The molecule has 3 aromatic rings. The van der Waals surface area contributed by atoms with Crippen LogP contribution in [0.5, 0.6) is 0 Å². The van der Waals surface area contributed by atoms with Gasteiger partial charge in [-0.3, -0.25) is 14.5 Å². The monoisotopic (exact) mass is 541 g/mol. The lowest BCUT2D eigenvalue weighted by Gasteiger charge is -2.40. The van der Waals surface area contributed by atoms with Crippen LogP contribution in [0.25, 0.3) is 0 Å². The smallest absolute Gasteiger partial charge is 0.249 e. The van der Waals surface area contributed by atoms with Crippen molar-refractivity contribution in [2.45, 2.75) is 18.9 Å². The zero-order chi connectivity index (χ0) is 27.0. The topological polar surface area (TPSA) is 78.0 Å². The van der Waals surface area contributed by atoms with Crippen molar-refractivity contribution in [1.82, 2.24) is 14.1 Å². The van der Waals surface area contributed by atoms with Crippen molar-refractivity contribution in [3.8, 4) is 0 Å². The van der Waals surface area contributed by atoms with Crippen LogP contribution in [-0.2, 0) is 10.0 Å². The molecule has 0 amide bonds. The molecule has 2 heterocycles. The van der Waals surface area contributed by atoms with Gasteiger partial charge >= 0.3 is 0 Å². The fourth-order valence-electron chi connectivity index (χ4n) is 6.02. The number of benzene rings is 3. The van der Waals surface area contributed by atoms with Crippen molar-refractivity contribution in [2.75, 3.05) is 39.3 Å². The van der Waals surface area contributed by atoms with Crippen LogP contribution < -0.4 is 0 Å². The van der Waals surface area contributed by atoms with E-state index in [0.29, 0.717) is 26.2 Å². The van der Waals surface area contributed by atoms with Crippen molar-refractivity contribution in [3.63, 3.8) is 0 Å². The number of allylic oxidation sites excluding steroid dienone is 2. The fourth-order valence-corrected chi connectivity index (χ4v) is 7.74. The number of rotatable bonds is 6. The van der Waals surface area contributed by atoms with Gasteiger partial charge < -0.3 is 4.90 Å². The van der Waals surface area contributed by atoms with Crippen LogP contribution in [0.3, 0.4) is 0 Å². The third-order valence-electron chi connectivity index (χ3n) is 7.94. The number of fused-ring (bicyclic) bond motifs is 1. The number of sulfonamides is 1. The molecule has 3 aliphatic rings. The van der Waals surface area contributed by atoms with Crippen molar-refractivity contribution >= 4 is 21.6 Å². The number of hydrogen-bond donors (Lipinski definition) is 0. The number of carbonyl (C=O) groups excluding carboxylic acids is 2. The summed E-state index contributed by atoms with van der Waals surface area (Å²) in [7, 11) is -4.20. The van der Waals surface area contributed by atoms with Gasteiger partial charge in [0.05, 0.1) is 6.04 Å². The lowest BCUT2D eigenvalue weighted by atomic mass is 9.92. The average molecular weight is 542 g/mol. The van der Waals surface area contributed by atoms with E-state index in [4.69, 9.17) is 0 Å². The van der Waals surface area contributed by atoms with Crippen LogP contribution in [0.2, 0.25) is 0 Å². The van der Waals surface area contributed by atoms with Crippen molar-refractivity contribution in [2.24, 2.45) is 0 Å². The minimum atomic E-state index is -4.20. The zero-order valence-corrected chi connectivity index (χ0v) is 22.5. The number of ketones is 2. The maximum absolute atomic E-state index is 14.1. The molecule has 2 saturated heterocycles. The van der Waals surface area contributed by atoms with E-state index in [1.165, 1.54) is 4.31 Å². The molecular weight excluding hydrogens is 510 g/mol. The van der Waals surface area contributed by atoms with Crippen LogP contribution in [0.1, 0.15) is 50.7 Å². The highest BCUT2D eigenvalue weighted by atomic mass is 32.2. The second-order valence-electron chi connectivity index (χ2n) is 10.2. The fraction of sp³-hybridized carbons (Fsp3) is 0.290. The molecule has 1 aliphatic carbocycles. The summed E-state index contributed by atoms with van der Waals surface area (Å²) in [6.07, 6.45) is 1.72. The Balaban J connectivity index is 1.32. The Morgan fingerprint density at radius 2 is 1.08 bits per heavy atom. The minimum absolute atomic E-state index is 0.0126. The zero-order valence-electron chi connectivity index (χ0n) is 21.7. The van der Waals surface area contributed by atoms with E-state index in [9.17, 15) is 18.0 Å².